The Kier molecular flexibility index (Phi) is 46.4. The standard InChI is InChI=1S/6C18H15P.6Cu.6H2/c6*1-4-10-16(11-5-1)19(17-12-6-2-7-13-17)18-14-8-3-9-15-18;;;;;;;;;;;;/h6*1-15H;;;;;;;6*1H. The van der Waals surface area contributed by atoms with Crippen molar-refractivity contribution < 1.29 is 111 Å². The molecule has 0 nitrogen and oxygen atoms in total. The van der Waals surface area contributed by atoms with Crippen molar-refractivity contribution in [3.63, 3.8) is 0 Å². The minimum Gasteiger partial charge on any atom is -0.0622 e. The van der Waals surface area contributed by atoms with Gasteiger partial charge in [-0.1, -0.05) is 546 Å². The monoisotopic (exact) mass is 1960 g/mol. The Hall–Kier alpha value is -8.34. The molecule has 18 rings (SSSR count). The molecule has 18 aromatic carbocycles. The van der Waals surface area contributed by atoms with Gasteiger partial charge in [0.05, 0.1) is 0 Å². The molecule has 0 aliphatic carbocycles. The van der Waals surface area contributed by atoms with Gasteiger partial charge in [-0.3, -0.25) is 0 Å². The van der Waals surface area contributed by atoms with Gasteiger partial charge in [0.1, 0.15) is 0 Å². The second-order valence-electron chi connectivity index (χ2n) is 26.1. The van der Waals surface area contributed by atoms with E-state index in [2.05, 4.69) is 546 Å². The predicted molar refractivity (Wildman–Crippen MR) is 524 cm³/mol. The van der Waals surface area contributed by atoms with Gasteiger partial charge in [0.15, 0.2) is 0 Å². The molecule has 6 radical (unpaired) electrons. The van der Waals surface area contributed by atoms with Gasteiger partial charge in [-0.15, -0.1) is 0 Å². The normalized spacial score (nSPS) is 10.1. The Labute approximate surface area is 792 Å². The molecule has 0 atom stereocenters. The Balaban J connectivity index is 0.000000742. The fourth-order valence-corrected chi connectivity index (χ4v) is 26.9. The summed E-state index contributed by atoms with van der Waals surface area (Å²) >= 11 is 0. The van der Waals surface area contributed by atoms with Crippen LogP contribution in [0.15, 0.2) is 546 Å². The SMILES string of the molecule is [Cu].[Cu].[Cu].[Cu].[Cu].[Cu].[HH].[HH].[HH].[HH].[HH].[HH].c1ccc(P(c2ccccc2)c2ccccc2)cc1.c1ccc(P(c2ccccc2)c2ccccc2)cc1.c1ccc(P(c2ccccc2)c2ccccc2)cc1.c1ccc(P(c2ccccc2)c2ccccc2)cc1.c1ccc(P(c2ccccc2)c2ccccc2)cc1.c1ccc(P(c2ccccc2)c2ccccc2)cc1. The molecule has 12 heteroatoms. The molecule has 0 saturated carbocycles. The second kappa shape index (κ2) is 56.4. The summed E-state index contributed by atoms with van der Waals surface area (Å²) in [6, 6.07) is 194. The van der Waals surface area contributed by atoms with Crippen molar-refractivity contribution in [2.75, 3.05) is 0 Å². The van der Waals surface area contributed by atoms with Crippen molar-refractivity contribution in [1.82, 2.24) is 0 Å². The zero-order chi connectivity index (χ0) is 77.5. The molecule has 0 aliphatic rings. The molecule has 0 aromatic heterocycles. The maximum Gasteiger partial charge on any atom is 0 e. The fourth-order valence-electron chi connectivity index (χ4n) is 13.1. The van der Waals surface area contributed by atoms with Crippen LogP contribution in [0.3, 0.4) is 0 Å². The zero-order valence-corrected chi connectivity index (χ0v) is 76.5. The molecule has 630 valence electrons. The van der Waals surface area contributed by atoms with Crippen LogP contribution in [0, 0.1) is 0 Å². The van der Waals surface area contributed by atoms with Crippen molar-refractivity contribution in [3.05, 3.63) is 546 Å². The molecule has 18 aromatic rings. The van der Waals surface area contributed by atoms with Gasteiger partial charge in [0, 0.05) is 111 Å². The Morgan fingerprint density at radius 3 is 0.158 bits per heavy atom. The van der Waals surface area contributed by atoms with Gasteiger partial charge in [0.2, 0.25) is 0 Å². The summed E-state index contributed by atoms with van der Waals surface area (Å²) in [7, 11) is -2.68. The van der Waals surface area contributed by atoms with Crippen LogP contribution in [0.1, 0.15) is 8.56 Å². The minimum absolute atomic E-state index is 0. The molecule has 0 bridgehead atoms. The smallest absolute Gasteiger partial charge is 0 e. The third-order valence-electron chi connectivity index (χ3n) is 18.3. The third-order valence-corrected chi connectivity index (χ3v) is 32.9. The molecular weight excluding hydrogens is 1860 g/mol. The van der Waals surface area contributed by atoms with Crippen molar-refractivity contribution in [2.24, 2.45) is 0 Å². The van der Waals surface area contributed by atoms with Crippen LogP contribution in [-0.4, -0.2) is 0 Å². The van der Waals surface area contributed by atoms with Crippen molar-refractivity contribution in [1.29, 1.82) is 0 Å². The van der Waals surface area contributed by atoms with E-state index in [4.69, 9.17) is 0 Å². The quantitative estimate of drug-likeness (QED) is 0.0593. The van der Waals surface area contributed by atoms with Crippen LogP contribution < -0.4 is 95.5 Å². The van der Waals surface area contributed by atoms with E-state index < -0.39 is 47.5 Å². The van der Waals surface area contributed by atoms with Crippen LogP contribution in [0.4, 0.5) is 0 Å². The van der Waals surface area contributed by atoms with Gasteiger partial charge >= 0.3 is 0 Å². The predicted octanol–water partition coefficient (Wildman–Crippen LogP) is 22.1. The number of rotatable bonds is 18. The van der Waals surface area contributed by atoms with E-state index in [0.717, 1.165) is 0 Å². The Morgan fingerprint density at radius 1 is 0.0750 bits per heavy atom. The van der Waals surface area contributed by atoms with Crippen LogP contribution in [0.2, 0.25) is 0 Å². The topological polar surface area (TPSA) is 0 Å². The van der Waals surface area contributed by atoms with Crippen molar-refractivity contribution >= 4 is 143 Å². The largest absolute Gasteiger partial charge is 0.0622 e. The fraction of sp³-hybridized carbons (Fsp3) is 0. The molecule has 0 heterocycles. The van der Waals surface area contributed by atoms with E-state index in [9.17, 15) is 0 Å². The van der Waals surface area contributed by atoms with Gasteiger partial charge < -0.3 is 0 Å². The average molecular weight is 1970 g/mol. The Morgan fingerprint density at radius 2 is 0.117 bits per heavy atom. The van der Waals surface area contributed by atoms with E-state index in [-0.39, 0.29) is 111 Å². The Bertz CT molecular complexity index is 4130. The number of hydrogen-bond donors (Lipinski definition) is 0. The summed E-state index contributed by atoms with van der Waals surface area (Å²) in [5.74, 6) is 0. The summed E-state index contributed by atoms with van der Waals surface area (Å²) in [6.07, 6.45) is 0. The summed E-state index contributed by atoms with van der Waals surface area (Å²) in [6.45, 7) is 0. The van der Waals surface area contributed by atoms with Crippen molar-refractivity contribution in [2.45, 2.75) is 0 Å². The molecule has 0 unspecified atom stereocenters. The molecular formula is C108H102Cu6P6. The van der Waals surface area contributed by atoms with E-state index in [0.29, 0.717) is 0 Å². The van der Waals surface area contributed by atoms with Gasteiger partial charge in [0.25, 0.3) is 0 Å². The number of hydrogen-bond acceptors (Lipinski definition) is 0. The van der Waals surface area contributed by atoms with Gasteiger partial charge in [-0.05, 0) is 143 Å². The van der Waals surface area contributed by atoms with Crippen molar-refractivity contribution in [3.8, 4) is 0 Å². The summed E-state index contributed by atoms with van der Waals surface area (Å²) in [5, 5.41) is 25.2. The first-order valence-corrected chi connectivity index (χ1v) is 46.5. The zero-order valence-electron chi connectivity index (χ0n) is 65.5. The maximum atomic E-state index is 2.23. The van der Waals surface area contributed by atoms with E-state index in [1.165, 1.54) is 95.5 Å². The molecule has 0 spiro atoms. The first-order chi connectivity index (χ1) is 56.7. The van der Waals surface area contributed by atoms with E-state index in [1.807, 2.05) is 0 Å². The molecule has 0 amide bonds. The number of benzene rings is 18. The first-order valence-electron chi connectivity index (χ1n) is 38.4. The van der Waals surface area contributed by atoms with E-state index >= 15 is 0 Å². The van der Waals surface area contributed by atoms with E-state index in [1.54, 1.807) is 0 Å². The molecule has 0 saturated heterocycles. The third kappa shape index (κ3) is 30.0. The van der Waals surface area contributed by atoms with Crippen LogP contribution in [-0.2, 0) is 102 Å². The molecule has 0 N–H and O–H groups in total. The molecule has 0 aliphatic heterocycles. The van der Waals surface area contributed by atoms with Crippen LogP contribution >= 0.6 is 47.5 Å². The first kappa shape index (κ1) is 98.8. The summed E-state index contributed by atoms with van der Waals surface area (Å²) in [4.78, 5) is 0. The van der Waals surface area contributed by atoms with Gasteiger partial charge in [-0.25, -0.2) is 0 Å². The molecule has 0 fully saturated rings. The maximum absolute atomic E-state index is 2.23. The molecule has 120 heavy (non-hydrogen) atoms. The summed E-state index contributed by atoms with van der Waals surface area (Å²) < 4.78 is 0. The van der Waals surface area contributed by atoms with Gasteiger partial charge in [-0.2, -0.15) is 0 Å². The average Bonchev–Trinajstić information content (AvgIpc) is 0.852. The summed E-state index contributed by atoms with van der Waals surface area (Å²) in [5.41, 5.74) is 0. The van der Waals surface area contributed by atoms with Crippen LogP contribution in [0.25, 0.3) is 0 Å². The second-order valence-corrected chi connectivity index (χ2v) is 39.4. The van der Waals surface area contributed by atoms with Crippen LogP contribution in [0.5, 0.6) is 0 Å². The minimum atomic E-state index is -0.446.